The average molecular weight is 418 g/mol. The van der Waals surface area contributed by atoms with Gasteiger partial charge in [0.2, 0.25) is 5.88 Å². The van der Waals surface area contributed by atoms with Gasteiger partial charge >= 0.3 is 0 Å². The van der Waals surface area contributed by atoms with Gasteiger partial charge in [0, 0.05) is 24.8 Å². The van der Waals surface area contributed by atoms with Crippen LogP contribution in [0.15, 0.2) is 23.3 Å². The van der Waals surface area contributed by atoms with E-state index < -0.39 is 0 Å². The van der Waals surface area contributed by atoms with Gasteiger partial charge in [0.1, 0.15) is 0 Å². The van der Waals surface area contributed by atoms with Crippen LogP contribution in [0.5, 0.6) is 5.88 Å². The zero-order valence-electron chi connectivity index (χ0n) is 13.5. The molecule has 5 nitrogen and oxygen atoms in total. The van der Waals surface area contributed by atoms with Crippen molar-refractivity contribution in [1.82, 2.24) is 9.88 Å². The quantitative estimate of drug-likeness (QED) is 0.454. The summed E-state index contributed by atoms with van der Waals surface area (Å²) in [6, 6.07) is 3.90. The Balaban J connectivity index is 0.00000242. The van der Waals surface area contributed by atoms with Crippen LogP contribution in [0.3, 0.4) is 0 Å². The Morgan fingerprint density at radius 2 is 2.18 bits per heavy atom. The Labute approximate surface area is 150 Å². The lowest BCUT2D eigenvalue weighted by molar-refractivity contribution is 0.277. The zero-order chi connectivity index (χ0) is 15.1. The van der Waals surface area contributed by atoms with Crippen molar-refractivity contribution in [2.24, 2.45) is 16.6 Å². The highest BCUT2D eigenvalue weighted by Gasteiger charge is 2.17. The summed E-state index contributed by atoms with van der Waals surface area (Å²) in [7, 11) is 0. The predicted octanol–water partition coefficient (Wildman–Crippen LogP) is 3.04. The third kappa shape index (κ3) is 5.62. The molecule has 0 spiro atoms. The first kappa shape index (κ1) is 19.0. The number of aliphatic imine (C=N–C) groups is 1. The molecule has 2 rings (SSSR count). The number of likely N-dealkylation sites (tertiary alicyclic amines) is 1. The second-order valence-corrected chi connectivity index (χ2v) is 5.66. The highest BCUT2D eigenvalue weighted by Crippen LogP contribution is 2.17. The van der Waals surface area contributed by atoms with Gasteiger partial charge in [-0.25, -0.2) is 9.98 Å². The molecule has 1 aliphatic rings. The van der Waals surface area contributed by atoms with Crippen molar-refractivity contribution in [3.8, 4) is 5.88 Å². The number of rotatable bonds is 5. The molecule has 0 atom stereocenters. The summed E-state index contributed by atoms with van der Waals surface area (Å²) >= 11 is 0. The standard InChI is InChI=1S/C16H26N4O.HI/c1-3-11-21-15-14(5-4-8-18-15)12-19-16(17)20-9-6-13(2)7-10-20;/h4-5,8,13H,3,6-7,9-12H2,1-2H3,(H2,17,19);1H. The molecule has 0 aliphatic carbocycles. The van der Waals surface area contributed by atoms with E-state index in [1.54, 1.807) is 6.20 Å². The summed E-state index contributed by atoms with van der Waals surface area (Å²) in [5, 5.41) is 0. The fraction of sp³-hybridized carbons (Fsp3) is 0.625. The van der Waals surface area contributed by atoms with Crippen molar-refractivity contribution in [2.45, 2.75) is 39.7 Å². The fourth-order valence-electron chi connectivity index (χ4n) is 2.38. The SMILES string of the molecule is CCCOc1ncccc1CN=C(N)N1CCC(C)CC1.I. The van der Waals surface area contributed by atoms with Crippen LogP contribution in [0, 0.1) is 5.92 Å². The van der Waals surface area contributed by atoms with Gasteiger partial charge in [0.15, 0.2) is 5.96 Å². The Bertz CT molecular complexity index is 473. The normalized spacial score (nSPS) is 16.3. The summed E-state index contributed by atoms with van der Waals surface area (Å²) in [6.07, 6.45) is 5.09. The first-order valence-corrected chi connectivity index (χ1v) is 7.82. The van der Waals surface area contributed by atoms with Gasteiger partial charge in [-0.15, -0.1) is 24.0 Å². The Kier molecular flexibility index (Phi) is 8.52. The first-order valence-electron chi connectivity index (χ1n) is 7.82. The van der Waals surface area contributed by atoms with E-state index >= 15 is 0 Å². The summed E-state index contributed by atoms with van der Waals surface area (Å²) in [6.45, 7) is 7.57. The van der Waals surface area contributed by atoms with E-state index in [0.29, 0.717) is 25.0 Å². The van der Waals surface area contributed by atoms with Gasteiger partial charge in [0.25, 0.3) is 0 Å². The smallest absolute Gasteiger partial charge is 0.218 e. The van der Waals surface area contributed by atoms with E-state index in [9.17, 15) is 0 Å². The van der Waals surface area contributed by atoms with E-state index in [1.807, 2.05) is 12.1 Å². The van der Waals surface area contributed by atoms with Crippen molar-refractivity contribution >= 4 is 29.9 Å². The van der Waals surface area contributed by atoms with Crippen molar-refractivity contribution < 1.29 is 4.74 Å². The molecule has 0 unspecified atom stereocenters. The van der Waals surface area contributed by atoms with Crippen LogP contribution in [0.4, 0.5) is 0 Å². The number of halogens is 1. The van der Waals surface area contributed by atoms with Crippen LogP contribution < -0.4 is 10.5 Å². The Morgan fingerprint density at radius 3 is 2.86 bits per heavy atom. The number of nitrogens with zero attached hydrogens (tertiary/aromatic N) is 3. The molecule has 1 aliphatic heterocycles. The topological polar surface area (TPSA) is 63.7 Å². The second-order valence-electron chi connectivity index (χ2n) is 5.66. The summed E-state index contributed by atoms with van der Waals surface area (Å²) in [5.74, 6) is 2.09. The molecule has 0 bridgehead atoms. The molecule has 1 fully saturated rings. The van der Waals surface area contributed by atoms with E-state index in [4.69, 9.17) is 10.5 Å². The lowest BCUT2D eigenvalue weighted by Gasteiger charge is -2.31. The third-order valence-electron chi connectivity index (χ3n) is 3.81. The van der Waals surface area contributed by atoms with Crippen LogP contribution in [0.2, 0.25) is 0 Å². The molecule has 0 radical (unpaired) electrons. The van der Waals surface area contributed by atoms with Crippen LogP contribution >= 0.6 is 24.0 Å². The number of ether oxygens (including phenoxy) is 1. The number of guanidine groups is 1. The van der Waals surface area contributed by atoms with Crippen molar-refractivity contribution in [3.63, 3.8) is 0 Å². The van der Waals surface area contributed by atoms with Crippen molar-refractivity contribution in [3.05, 3.63) is 23.9 Å². The van der Waals surface area contributed by atoms with E-state index in [1.165, 1.54) is 12.8 Å². The van der Waals surface area contributed by atoms with Crippen LogP contribution in [0.25, 0.3) is 0 Å². The Hall–Kier alpha value is -1.05. The molecule has 0 aromatic carbocycles. The van der Waals surface area contributed by atoms with Crippen LogP contribution in [-0.4, -0.2) is 35.5 Å². The maximum Gasteiger partial charge on any atom is 0.218 e. The summed E-state index contributed by atoms with van der Waals surface area (Å²) in [4.78, 5) is 11.0. The predicted molar refractivity (Wildman–Crippen MR) is 101 cm³/mol. The number of piperidine rings is 1. The largest absolute Gasteiger partial charge is 0.477 e. The van der Waals surface area contributed by atoms with Crippen LogP contribution in [-0.2, 0) is 6.54 Å². The monoisotopic (exact) mass is 418 g/mol. The minimum absolute atomic E-state index is 0. The van der Waals surface area contributed by atoms with Gasteiger partial charge in [-0.2, -0.15) is 0 Å². The Morgan fingerprint density at radius 1 is 1.45 bits per heavy atom. The number of hydrogen-bond acceptors (Lipinski definition) is 3. The number of pyridine rings is 1. The summed E-state index contributed by atoms with van der Waals surface area (Å²) < 4.78 is 5.64. The number of aromatic nitrogens is 1. The zero-order valence-corrected chi connectivity index (χ0v) is 15.8. The minimum Gasteiger partial charge on any atom is -0.477 e. The van der Waals surface area contributed by atoms with Crippen molar-refractivity contribution in [2.75, 3.05) is 19.7 Å². The second kappa shape index (κ2) is 9.86. The van der Waals surface area contributed by atoms with E-state index in [2.05, 4.69) is 28.7 Å². The maximum atomic E-state index is 6.11. The van der Waals surface area contributed by atoms with Gasteiger partial charge in [0.05, 0.1) is 13.2 Å². The highest BCUT2D eigenvalue weighted by atomic mass is 127. The van der Waals surface area contributed by atoms with Crippen LogP contribution in [0.1, 0.15) is 38.7 Å². The fourth-order valence-corrected chi connectivity index (χ4v) is 2.38. The van der Waals surface area contributed by atoms with Gasteiger partial charge in [-0.3, -0.25) is 0 Å². The molecule has 1 aromatic heterocycles. The lowest BCUT2D eigenvalue weighted by atomic mass is 10.00. The number of nitrogens with two attached hydrogens (primary N) is 1. The van der Waals surface area contributed by atoms with Crippen molar-refractivity contribution in [1.29, 1.82) is 0 Å². The molecule has 0 saturated carbocycles. The molecular weight excluding hydrogens is 391 g/mol. The number of hydrogen-bond donors (Lipinski definition) is 1. The molecule has 2 N–H and O–H groups in total. The highest BCUT2D eigenvalue weighted by molar-refractivity contribution is 14.0. The molecule has 22 heavy (non-hydrogen) atoms. The molecule has 1 saturated heterocycles. The van der Waals surface area contributed by atoms with E-state index in [0.717, 1.165) is 31.0 Å². The van der Waals surface area contributed by atoms with Gasteiger partial charge in [-0.1, -0.05) is 19.9 Å². The molecule has 6 heteroatoms. The summed E-state index contributed by atoms with van der Waals surface area (Å²) in [5.41, 5.74) is 7.09. The first-order chi connectivity index (χ1) is 10.2. The molecule has 0 amide bonds. The maximum absolute atomic E-state index is 6.11. The van der Waals surface area contributed by atoms with Gasteiger partial charge in [-0.05, 0) is 31.2 Å². The minimum atomic E-state index is 0. The molecule has 124 valence electrons. The third-order valence-corrected chi connectivity index (χ3v) is 3.81. The molecular formula is C16H27IN4O. The van der Waals surface area contributed by atoms with Gasteiger partial charge < -0.3 is 15.4 Å². The average Bonchev–Trinajstić information content (AvgIpc) is 2.52. The molecule has 1 aromatic rings. The van der Waals surface area contributed by atoms with E-state index in [-0.39, 0.29) is 24.0 Å². The molecule has 2 heterocycles. The lowest BCUT2D eigenvalue weighted by Crippen LogP contribution is -2.42.